The molecule has 5 rings (SSSR count). The van der Waals surface area contributed by atoms with Crippen LogP contribution in [0.1, 0.15) is 32.7 Å². The summed E-state index contributed by atoms with van der Waals surface area (Å²) in [4.78, 5) is 37.2. The predicted molar refractivity (Wildman–Crippen MR) is 169 cm³/mol. The van der Waals surface area contributed by atoms with Gasteiger partial charge in [-0.05, 0) is 67.6 Å². The van der Waals surface area contributed by atoms with Gasteiger partial charge in [-0.15, -0.1) is 0 Å². The first kappa shape index (κ1) is 29.2. The lowest BCUT2D eigenvalue weighted by Gasteiger charge is -2.16. The number of likely N-dealkylation sites (N-methyl/N-ethyl adjacent to an activating group) is 1. The minimum Gasteiger partial charge on any atom is -0.492 e. The number of benzene rings is 3. The third kappa shape index (κ3) is 7.13. The molecule has 5 aromatic rings. The normalized spacial score (nSPS) is 11.2. The molecule has 2 aromatic heterocycles. The van der Waals surface area contributed by atoms with Crippen molar-refractivity contribution in [3.8, 4) is 5.75 Å². The fourth-order valence-electron chi connectivity index (χ4n) is 4.64. The van der Waals surface area contributed by atoms with Crippen LogP contribution in [0.25, 0.3) is 10.9 Å². The molecule has 0 fully saturated rings. The van der Waals surface area contributed by atoms with Crippen LogP contribution >= 0.6 is 11.8 Å². The van der Waals surface area contributed by atoms with Crippen molar-refractivity contribution >= 4 is 28.4 Å². The minimum atomic E-state index is -0.0399. The number of thioether (sulfide) groups is 1. The van der Waals surface area contributed by atoms with Crippen molar-refractivity contribution in [2.75, 3.05) is 26.7 Å². The van der Waals surface area contributed by atoms with Crippen molar-refractivity contribution in [1.29, 1.82) is 0 Å². The third-order valence-corrected chi connectivity index (χ3v) is 8.29. The zero-order chi connectivity index (χ0) is 29.5. The molecule has 3 aromatic carbocycles. The van der Waals surface area contributed by atoms with Crippen molar-refractivity contribution in [2.24, 2.45) is 7.05 Å². The SMILES string of the molecule is Cc1cccc2nc(SCc3ccc(C(=O)c4ccc(OCCN(C)CCc5ccccn5)cc4)cc3)n(C)c(=O)c12. The predicted octanol–water partition coefficient (Wildman–Crippen LogP) is 5.71. The lowest BCUT2D eigenvalue weighted by Crippen LogP contribution is -2.26. The Labute approximate surface area is 250 Å². The Bertz CT molecular complexity index is 1720. The van der Waals surface area contributed by atoms with E-state index in [4.69, 9.17) is 9.72 Å². The summed E-state index contributed by atoms with van der Waals surface area (Å²) in [7, 11) is 3.83. The summed E-state index contributed by atoms with van der Waals surface area (Å²) in [5, 5.41) is 1.32. The lowest BCUT2D eigenvalue weighted by atomic mass is 10.0. The van der Waals surface area contributed by atoms with E-state index < -0.39 is 0 Å². The Hall–Kier alpha value is -4.27. The van der Waals surface area contributed by atoms with Gasteiger partial charge in [0.25, 0.3) is 5.56 Å². The van der Waals surface area contributed by atoms with Gasteiger partial charge in [0.15, 0.2) is 10.9 Å². The quantitative estimate of drug-likeness (QED) is 0.107. The van der Waals surface area contributed by atoms with Crippen LogP contribution in [0.2, 0.25) is 0 Å². The highest BCUT2D eigenvalue weighted by Crippen LogP contribution is 2.23. The van der Waals surface area contributed by atoms with Gasteiger partial charge < -0.3 is 9.64 Å². The van der Waals surface area contributed by atoms with Gasteiger partial charge >= 0.3 is 0 Å². The Kier molecular flexibility index (Phi) is 9.46. The summed E-state index contributed by atoms with van der Waals surface area (Å²) in [6.07, 6.45) is 2.72. The van der Waals surface area contributed by atoms with E-state index in [1.807, 2.05) is 85.9 Å². The van der Waals surface area contributed by atoms with E-state index in [0.29, 0.717) is 39.5 Å². The smallest absolute Gasteiger partial charge is 0.262 e. The second kappa shape index (κ2) is 13.6. The maximum atomic E-state index is 13.1. The molecule has 0 amide bonds. The number of ketones is 1. The molecule has 7 nitrogen and oxygen atoms in total. The van der Waals surface area contributed by atoms with Gasteiger partial charge in [0, 0.05) is 55.3 Å². The number of nitrogens with zero attached hydrogens (tertiary/aromatic N) is 4. The Morgan fingerprint density at radius 3 is 2.38 bits per heavy atom. The van der Waals surface area contributed by atoms with Crippen LogP contribution in [0, 0.1) is 6.92 Å². The molecule has 0 radical (unpaired) electrons. The number of carbonyl (C=O) groups is 1. The first-order valence-electron chi connectivity index (χ1n) is 13.9. The van der Waals surface area contributed by atoms with Gasteiger partial charge in [-0.3, -0.25) is 19.1 Å². The molecule has 0 unspecified atom stereocenters. The highest BCUT2D eigenvalue weighted by molar-refractivity contribution is 7.98. The molecule has 214 valence electrons. The van der Waals surface area contributed by atoms with Crippen molar-refractivity contribution < 1.29 is 9.53 Å². The van der Waals surface area contributed by atoms with Gasteiger partial charge in [0.05, 0.1) is 10.9 Å². The van der Waals surface area contributed by atoms with Crippen molar-refractivity contribution in [3.63, 3.8) is 0 Å². The molecule has 8 heteroatoms. The Morgan fingerprint density at radius 1 is 0.929 bits per heavy atom. The topological polar surface area (TPSA) is 77.3 Å². The van der Waals surface area contributed by atoms with Gasteiger partial charge in [-0.1, -0.05) is 54.2 Å². The molecule has 0 saturated heterocycles. The van der Waals surface area contributed by atoms with Crippen LogP contribution in [-0.4, -0.2) is 52.0 Å². The molecule has 0 atom stereocenters. The van der Waals surface area contributed by atoms with Crippen LogP contribution in [0.15, 0.2) is 101 Å². The number of carbonyl (C=O) groups excluding carboxylic acids is 1. The second-order valence-electron chi connectivity index (χ2n) is 10.3. The summed E-state index contributed by atoms with van der Waals surface area (Å²) < 4.78 is 7.50. The number of fused-ring (bicyclic) bond motifs is 1. The Morgan fingerprint density at radius 2 is 1.67 bits per heavy atom. The number of rotatable bonds is 12. The van der Waals surface area contributed by atoms with Gasteiger partial charge in [-0.25, -0.2) is 4.98 Å². The number of aryl methyl sites for hydroxylation is 1. The largest absolute Gasteiger partial charge is 0.492 e. The number of hydrogen-bond acceptors (Lipinski definition) is 7. The molecule has 0 aliphatic heterocycles. The minimum absolute atomic E-state index is 0.0380. The average molecular weight is 579 g/mol. The summed E-state index contributed by atoms with van der Waals surface area (Å²) >= 11 is 1.50. The van der Waals surface area contributed by atoms with Crippen LogP contribution in [0.5, 0.6) is 5.75 Å². The van der Waals surface area contributed by atoms with E-state index in [1.165, 1.54) is 11.8 Å². The molecule has 42 heavy (non-hydrogen) atoms. The standard InChI is InChI=1S/C34H34N4O3S/c1-24-7-6-9-30-31(24)33(40)38(3)34(36-30)42-23-25-10-12-26(13-11-25)32(39)27-14-16-29(17-15-27)41-22-21-37(2)20-18-28-8-4-5-19-35-28/h4-17,19H,18,20-23H2,1-3H3. The number of aromatic nitrogens is 3. The van der Waals surface area contributed by atoms with E-state index in [2.05, 4.69) is 16.9 Å². The molecular weight excluding hydrogens is 544 g/mol. The monoisotopic (exact) mass is 578 g/mol. The number of pyridine rings is 1. The first-order valence-corrected chi connectivity index (χ1v) is 14.9. The maximum Gasteiger partial charge on any atom is 0.262 e. The van der Waals surface area contributed by atoms with E-state index in [1.54, 1.807) is 23.7 Å². The molecular formula is C34H34N4O3S. The highest BCUT2D eigenvalue weighted by Gasteiger charge is 2.12. The third-order valence-electron chi connectivity index (χ3n) is 7.19. The lowest BCUT2D eigenvalue weighted by molar-refractivity contribution is 0.103. The molecule has 0 saturated carbocycles. The maximum absolute atomic E-state index is 13.1. The van der Waals surface area contributed by atoms with Gasteiger partial charge in [0.2, 0.25) is 0 Å². The second-order valence-corrected chi connectivity index (χ2v) is 11.2. The van der Waals surface area contributed by atoms with Crippen molar-refractivity contribution in [2.45, 2.75) is 24.3 Å². The number of hydrogen-bond donors (Lipinski definition) is 0. The highest BCUT2D eigenvalue weighted by atomic mass is 32.2. The average Bonchev–Trinajstić information content (AvgIpc) is 3.02. The fourth-order valence-corrected chi connectivity index (χ4v) is 5.57. The number of ether oxygens (including phenoxy) is 1. The summed E-state index contributed by atoms with van der Waals surface area (Å²) in [6.45, 7) is 4.20. The van der Waals surface area contributed by atoms with Crippen molar-refractivity contribution in [3.05, 3.63) is 129 Å². The summed E-state index contributed by atoms with van der Waals surface area (Å²) in [5.41, 5.74) is 4.96. The summed E-state index contributed by atoms with van der Waals surface area (Å²) in [6, 6.07) is 26.6. The molecule has 0 bridgehead atoms. The molecule has 0 N–H and O–H groups in total. The van der Waals surface area contributed by atoms with Crippen LogP contribution in [0.3, 0.4) is 0 Å². The zero-order valence-electron chi connectivity index (χ0n) is 24.1. The van der Waals surface area contributed by atoms with Gasteiger partial charge in [0.1, 0.15) is 12.4 Å². The van der Waals surface area contributed by atoms with Crippen LogP contribution < -0.4 is 10.3 Å². The first-order chi connectivity index (χ1) is 20.4. The van der Waals surface area contributed by atoms with E-state index in [0.717, 1.165) is 42.1 Å². The molecule has 2 heterocycles. The van der Waals surface area contributed by atoms with Crippen LogP contribution in [0.4, 0.5) is 0 Å². The van der Waals surface area contributed by atoms with Gasteiger partial charge in [-0.2, -0.15) is 0 Å². The zero-order valence-corrected chi connectivity index (χ0v) is 24.9. The van der Waals surface area contributed by atoms with E-state index >= 15 is 0 Å². The summed E-state index contributed by atoms with van der Waals surface area (Å²) in [5.74, 6) is 1.34. The molecule has 0 aliphatic carbocycles. The van der Waals surface area contributed by atoms with E-state index in [9.17, 15) is 9.59 Å². The Balaban J connectivity index is 1.12. The van der Waals surface area contributed by atoms with Crippen LogP contribution in [-0.2, 0) is 19.2 Å². The fraction of sp³-hybridized carbons (Fsp3) is 0.235. The molecule has 0 spiro atoms. The molecule has 0 aliphatic rings. The van der Waals surface area contributed by atoms with E-state index in [-0.39, 0.29) is 11.3 Å². The van der Waals surface area contributed by atoms with Crippen molar-refractivity contribution in [1.82, 2.24) is 19.4 Å².